The number of nitrogens with one attached hydrogen (secondary N) is 1. The lowest BCUT2D eigenvalue weighted by Crippen LogP contribution is -2.11. The summed E-state index contributed by atoms with van der Waals surface area (Å²) in [7, 11) is 0. The SMILES string of the molecule is CCc1[nH]c(=O)nc2c1oc1ccccc12. The van der Waals surface area contributed by atoms with Crippen LogP contribution in [-0.4, -0.2) is 9.97 Å². The largest absolute Gasteiger partial charge is 0.453 e. The highest BCUT2D eigenvalue weighted by Crippen LogP contribution is 2.27. The van der Waals surface area contributed by atoms with Crippen LogP contribution in [0.2, 0.25) is 0 Å². The summed E-state index contributed by atoms with van der Waals surface area (Å²) in [5.41, 5.74) is 2.57. The average molecular weight is 214 g/mol. The maximum absolute atomic E-state index is 11.4. The molecule has 0 radical (unpaired) electrons. The summed E-state index contributed by atoms with van der Waals surface area (Å²) in [4.78, 5) is 18.1. The lowest BCUT2D eigenvalue weighted by Gasteiger charge is -1.95. The van der Waals surface area contributed by atoms with E-state index in [4.69, 9.17) is 4.42 Å². The van der Waals surface area contributed by atoms with E-state index in [1.165, 1.54) is 0 Å². The summed E-state index contributed by atoms with van der Waals surface area (Å²) in [5.74, 6) is 0. The molecule has 0 aliphatic carbocycles. The normalized spacial score (nSPS) is 11.3. The smallest absolute Gasteiger partial charge is 0.345 e. The minimum absolute atomic E-state index is 0.323. The number of H-pyrrole nitrogens is 1. The summed E-state index contributed by atoms with van der Waals surface area (Å²) in [6.07, 6.45) is 0.716. The minimum Gasteiger partial charge on any atom is -0.453 e. The standard InChI is InChI=1S/C12H10N2O2/c1-2-8-11-10(14-12(15)13-8)7-5-3-4-6-9(7)16-11/h3-6H,2H2,1H3,(H,13,14,15). The van der Waals surface area contributed by atoms with Gasteiger partial charge in [-0.3, -0.25) is 0 Å². The zero-order valence-corrected chi connectivity index (χ0v) is 8.78. The number of benzene rings is 1. The number of nitrogens with zero attached hydrogens (tertiary/aromatic N) is 1. The van der Waals surface area contributed by atoms with Gasteiger partial charge in [0, 0.05) is 5.39 Å². The monoisotopic (exact) mass is 214 g/mol. The van der Waals surface area contributed by atoms with Crippen molar-refractivity contribution in [2.24, 2.45) is 0 Å². The average Bonchev–Trinajstić information content (AvgIpc) is 2.67. The number of fused-ring (bicyclic) bond motifs is 3. The second-order valence-electron chi connectivity index (χ2n) is 3.65. The van der Waals surface area contributed by atoms with Gasteiger partial charge in [0.2, 0.25) is 0 Å². The lowest BCUT2D eigenvalue weighted by atomic mass is 10.2. The molecule has 0 atom stereocenters. The molecule has 2 aromatic heterocycles. The van der Waals surface area contributed by atoms with Gasteiger partial charge < -0.3 is 9.40 Å². The second-order valence-corrected chi connectivity index (χ2v) is 3.65. The van der Waals surface area contributed by atoms with Crippen molar-refractivity contribution in [2.45, 2.75) is 13.3 Å². The van der Waals surface area contributed by atoms with Crippen molar-refractivity contribution in [1.29, 1.82) is 0 Å². The van der Waals surface area contributed by atoms with Crippen LogP contribution in [-0.2, 0) is 6.42 Å². The fraction of sp³-hybridized carbons (Fsp3) is 0.167. The van der Waals surface area contributed by atoms with Gasteiger partial charge in [-0.2, -0.15) is 4.98 Å². The number of para-hydroxylation sites is 1. The van der Waals surface area contributed by atoms with Crippen LogP contribution in [0.15, 0.2) is 33.5 Å². The quantitative estimate of drug-likeness (QED) is 0.675. The molecule has 2 heterocycles. The van der Waals surface area contributed by atoms with Gasteiger partial charge in [0.25, 0.3) is 0 Å². The Morgan fingerprint density at radius 3 is 3.00 bits per heavy atom. The van der Waals surface area contributed by atoms with Crippen LogP contribution in [0.5, 0.6) is 0 Å². The van der Waals surface area contributed by atoms with Gasteiger partial charge >= 0.3 is 5.69 Å². The molecule has 0 saturated heterocycles. The second kappa shape index (κ2) is 3.20. The Hall–Kier alpha value is -2.10. The number of furan rings is 1. The van der Waals surface area contributed by atoms with Crippen molar-refractivity contribution in [3.05, 3.63) is 40.4 Å². The number of hydrogen-bond acceptors (Lipinski definition) is 3. The molecule has 1 N–H and O–H groups in total. The van der Waals surface area contributed by atoms with E-state index in [0.717, 1.165) is 16.7 Å². The van der Waals surface area contributed by atoms with Crippen molar-refractivity contribution in [3.8, 4) is 0 Å². The summed E-state index contributed by atoms with van der Waals surface area (Å²) < 4.78 is 5.70. The third-order valence-corrected chi connectivity index (χ3v) is 2.67. The van der Waals surface area contributed by atoms with Crippen molar-refractivity contribution < 1.29 is 4.42 Å². The Kier molecular flexibility index (Phi) is 1.83. The van der Waals surface area contributed by atoms with E-state index in [9.17, 15) is 4.79 Å². The Morgan fingerprint density at radius 1 is 1.38 bits per heavy atom. The summed E-state index contributed by atoms with van der Waals surface area (Å²) in [5, 5.41) is 0.887. The summed E-state index contributed by atoms with van der Waals surface area (Å²) >= 11 is 0. The number of aryl methyl sites for hydroxylation is 1. The number of aromatic amines is 1. The number of rotatable bonds is 1. The Bertz CT molecular complexity index is 725. The molecule has 1 aromatic carbocycles. The molecule has 0 unspecified atom stereocenters. The molecule has 0 saturated carbocycles. The van der Waals surface area contributed by atoms with Crippen LogP contribution in [0, 0.1) is 0 Å². The van der Waals surface area contributed by atoms with Gasteiger partial charge in [-0.1, -0.05) is 19.1 Å². The number of aromatic nitrogens is 2. The van der Waals surface area contributed by atoms with Gasteiger partial charge in [-0.15, -0.1) is 0 Å². The molecule has 4 nitrogen and oxygen atoms in total. The van der Waals surface area contributed by atoms with Crippen molar-refractivity contribution in [2.75, 3.05) is 0 Å². The highest BCUT2D eigenvalue weighted by molar-refractivity contribution is 6.02. The molecular formula is C12H10N2O2. The van der Waals surface area contributed by atoms with Crippen molar-refractivity contribution in [3.63, 3.8) is 0 Å². The predicted molar refractivity (Wildman–Crippen MR) is 61.5 cm³/mol. The molecule has 0 amide bonds. The highest BCUT2D eigenvalue weighted by Gasteiger charge is 2.11. The van der Waals surface area contributed by atoms with Gasteiger partial charge in [0.1, 0.15) is 11.1 Å². The lowest BCUT2D eigenvalue weighted by molar-refractivity contribution is 0.657. The third-order valence-electron chi connectivity index (χ3n) is 2.67. The van der Waals surface area contributed by atoms with Crippen molar-refractivity contribution >= 4 is 22.1 Å². The molecule has 0 fully saturated rings. The first-order valence-electron chi connectivity index (χ1n) is 5.20. The molecule has 3 aromatic rings. The van der Waals surface area contributed by atoms with Crippen LogP contribution in [0.4, 0.5) is 0 Å². The molecule has 80 valence electrons. The Morgan fingerprint density at radius 2 is 2.19 bits per heavy atom. The van der Waals surface area contributed by atoms with Crippen LogP contribution in [0.3, 0.4) is 0 Å². The van der Waals surface area contributed by atoms with E-state index in [1.54, 1.807) is 0 Å². The molecule has 0 spiro atoms. The molecule has 16 heavy (non-hydrogen) atoms. The molecule has 0 aliphatic heterocycles. The molecule has 4 heteroatoms. The first-order valence-corrected chi connectivity index (χ1v) is 5.20. The van der Waals surface area contributed by atoms with E-state index in [-0.39, 0.29) is 5.69 Å². The van der Waals surface area contributed by atoms with Crippen LogP contribution in [0.1, 0.15) is 12.6 Å². The van der Waals surface area contributed by atoms with E-state index in [2.05, 4.69) is 9.97 Å². The summed E-state index contributed by atoms with van der Waals surface area (Å²) in [6.45, 7) is 1.97. The molecule has 3 rings (SSSR count). The van der Waals surface area contributed by atoms with Gasteiger partial charge in [-0.05, 0) is 18.6 Å². The number of hydrogen-bond donors (Lipinski definition) is 1. The Balaban J connectivity index is 2.59. The van der Waals surface area contributed by atoms with Gasteiger partial charge in [0.05, 0.1) is 5.69 Å². The molecule has 0 aliphatic rings. The predicted octanol–water partition coefficient (Wildman–Crippen LogP) is 2.23. The van der Waals surface area contributed by atoms with Crippen molar-refractivity contribution in [1.82, 2.24) is 9.97 Å². The first-order chi connectivity index (χ1) is 7.79. The summed E-state index contributed by atoms with van der Waals surface area (Å²) in [6, 6.07) is 7.60. The topological polar surface area (TPSA) is 58.9 Å². The maximum Gasteiger partial charge on any atom is 0.345 e. The zero-order chi connectivity index (χ0) is 11.1. The van der Waals surface area contributed by atoms with E-state index in [1.807, 2.05) is 31.2 Å². The highest BCUT2D eigenvalue weighted by atomic mass is 16.3. The Labute approximate surface area is 90.9 Å². The van der Waals surface area contributed by atoms with Gasteiger partial charge in [-0.25, -0.2) is 4.79 Å². The zero-order valence-electron chi connectivity index (χ0n) is 8.78. The van der Waals surface area contributed by atoms with Crippen LogP contribution in [0.25, 0.3) is 22.1 Å². The fourth-order valence-corrected chi connectivity index (χ4v) is 1.91. The minimum atomic E-state index is -0.323. The van der Waals surface area contributed by atoms with E-state index >= 15 is 0 Å². The third kappa shape index (κ3) is 1.16. The van der Waals surface area contributed by atoms with Gasteiger partial charge in [0.15, 0.2) is 5.58 Å². The van der Waals surface area contributed by atoms with Crippen LogP contribution < -0.4 is 5.69 Å². The first kappa shape index (κ1) is 9.15. The fourth-order valence-electron chi connectivity index (χ4n) is 1.91. The van der Waals surface area contributed by atoms with E-state index < -0.39 is 0 Å². The molecular weight excluding hydrogens is 204 g/mol. The van der Waals surface area contributed by atoms with E-state index in [0.29, 0.717) is 17.5 Å². The maximum atomic E-state index is 11.4. The van der Waals surface area contributed by atoms with Crippen LogP contribution >= 0.6 is 0 Å². The molecule has 0 bridgehead atoms.